The summed E-state index contributed by atoms with van der Waals surface area (Å²) in [6, 6.07) is 16.2. The van der Waals surface area contributed by atoms with Crippen LogP contribution in [0.15, 0.2) is 48.5 Å². The van der Waals surface area contributed by atoms with Crippen molar-refractivity contribution in [1.29, 1.82) is 0 Å². The van der Waals surface area contributed by atoms with E-state index in [-0.39, 0.29) is 22.9 Å². The SMILES string of the molecule is CC(C)CN(CC(C)C)C(=O)CP(=O)(c1ccc(C(C)(C)C)cc1)c1ccc(C(C)(C)C)cc1. The van der Waals surface area contributed by atoms with E-state index in [1.807, 2.05) is 29.2 Å². The fourth-order valence-electron chi connectivity index (χ4n) is 4.19. The van der Waals surface area contributed by atoms with E-state index in [1.165, 1.54) is 11.1 Å². The summed E-state index contributed by atoms with van der Waals surface area (Å²) in [7, 11) is -3.16. The Bertz CT molecular complexity index is 919. The van der Waals surface area contributed by atoms with Gasteiger partial charge in [0.25, 0.3) is 0 Å². The van der Waals surface area contributed by atoms with Crippen molar-refractivity contribution >= 4 is 23.7 Å². The summed E-state index contributed by atoms with van der Waals surface area (Å²) in [4.78, 5) is 15.5. The third-order valence-corrected chi connectivity index (χ3v) is 9.16. The molecule has 34 heavy (non-hydrogen) atoms. The fraction of sp³-hybridized carbons (Fsp3) is 0.567. The number of hydrogen-bond acceptors (Lipinski definition) is 2. The Kier molecular flexibility index (Phi) is 9.03. The molecule has 1 amide bonds. The van der Waals surface area contributed by atoms with Gasteiger partial charge >= 0.3 is 0 Å². The average molecular weight is 484 g/mol. The molecule has 0 heterocycles. The molecule has 0 spiro atoms. The van der Waals surface area contributed by atoms with Crippen LogP contribution in [0.3, 0.4) is 0 Å². The minimum atomic E-state index is -3.16. The standard InChI is InChI=1S/C30H46NO2P/c1-22(2)19-31(20-23(3)4)28(32)21-34(33,26-15-11-24(12-16-26)29(5,6)7)27-17-13-25(14-18-27)30(8,9)10/h11-18,22-23H,19-21H2,1-10H3. The lowest BCUT2D eigenvalue weighted by Crippen LogP contribution is -2.40. The fourth-order valence-corrected chi connectivity index (χ4v) is 6.69. The average Bonchev–Trinajstić information content (AvgIpc) is 2.71. The highest BCUT2D eigenvalue weighted by Crippen LogP contribution is 2.44. The molecule has 0 radical (unpaired) electrons. The molecular formula is C30H46NO2P. The van der Waals surface area contributed by atoms with Gasteiger partial charge < -0.3 is 9.46 Å². The molecule has 0 aliphatic rings. The summed E-state index contributed by atoms with van der Waals surface area (Å²) >= 11 is 0. The minimum absolute atomic E-state index is 0.0119. The summed E-state index contributed by atoms with van der Waals surface area (Å²) in [5.41, 5.74) is 2.41. The van der Waals surface area contributed by atoms with E-state index >= 15 is 0 Å². The number of carbonyl (C=O) groups excluding carboxylic acids is 1. The zero-order valence-corrected chi connectivity index (χ0v) is 24.0. The Morgan fingerprint density at radius 1 is 0.706 bits per heavy atom. The van der Waals surface area contributed by atoms with E-state index in [4.69, 9.17) is 0 Å². The van der Waals surface area contributed by atoms with Crippen LogP contribution in [0.25, 0.3) is 0 Å². The van der Waals surface area contributed by atoms with Gasteiger partial charge in [-0.25, -0.2) is 0 Å². The van der Waals surface area contributed by atoms with Crippen molar-refractivity contribution in [2.75, 3.05) is 19.3 Å². The Morgan fingerprint density at radius 3 is 1.29 bits per heavy atom. The monoisotopic (exact) mass is 483 g/mol. The van der Waals surface area contributed by atoms with Crippen LogP contribution in [-0.2, 0) is 20.2 Å². The van der Waals surface area contributed by atoms with Crippen LogP contribution < -0.4 is 10.6 Å². The van der Waals surface area contributed by atoms with Crippen molar-refractivity contribution in [3.8, 4) is 0 Å². The van der Waals surface area contributed by atoms with Crippen LogP contribution in [0.4, 0.5) is 0 Å². The van der Waals surface area contributed by atoms with Crippen LogP contribution in [0.2, 0.25) is 0 Å². The van der Waals surface area contributed by atoms with Gasteiger partial charge in [-0.3, -0.25) is 4.79 Å². The third kappa shape index (κ3) is 7.32. The molecule has 188 valence electrons. The van der Waals surface area contributed by atoms with Crippen molar-refractivity contribution in [3.63, 3.8) is 0 Å². The number of nitrogens with zero attached hydrogens (tertiary/aromatic N) is 1. The second-order valence-corrected chi connectivity index (χ2v) is 15.4. The molecule has 0 bridgehead atoms. The zero-order chi connectivity index (χ0) is 25.9. The van der Waals surface area contributed by atoms with Gasteiger partial charge in [-0.15, -0.1) is 0 Å². The first-order valence-corrected chi connectivity index (χ1v) is 14.5. The number of hydrogen-bond donors (Lipinski definition) is 0. The van der Waals surface area contributed by atoms with Crippen molar-refractivity contribution < 1.29 is 9.36 Å². The molecule has 0 aliphatic carbocycles. The Morgan fingerprint density at radius 2 is 1.03 bits per heavy atom. The lowest BCUT2D eigenvalue weighted by Gasteiger charge is -2.29. The quantitative estimate of drug-likeness (QED) is 0.390. The molecule has 2 aromatic rings. The highest BCUT2D eigenvalue weighted by Gasteiger charge is 2.33. The highest BCUT2D eigenvalue weighted by atomic mass is 31.2. The number of carbonyl (C=O) groups is 1. The van der Waals surface area contributed by atoms with Gasteiger partial charge in [-0.2, -0.15) is 0 Å². The van der Waals surface area contributed by atoms with E-state index < -0.39 is 7.14 Å². The number of benzene rings is 2. The van der Waals surface area contributed by atoms with Crippen LogP contribution in [0.1, 0.15) is 80.4 Å². The molecule has 0 aromatic heterocycles. The molecular weight excluding hydrogens is 437 g/mol. The number of rotatable bonds is 8. The molecule has 2 rings (SSSR count). The van der Waals surface area contributed by atoms with Gasteiger partial charge in [0, 0.05) is 23.7 Å². The van der Waals surface area contributed by atoms with Crippen LogP contribution in [-0.4, -0.2) is 30.1 Å². The van der Waals surface area contributed by atoms with Crippen LogP contribution >= 0.6 is 7.14 Å². The van der Waals surface area contributed by atoms with E-state index in [1.54, 1.807) is 0 Å². The molecule has 4 heteroatoms. The molecule has 0 fully saturated rings. The van der Waals surface area contributed by atoms with Gasteiger partial charge in [0.05, 0.1) is 6.16 Å². The first kappa shape index (κ1) is 28.4. The summed E-state index contributed by atoms with van der Waals surface area (Å²) < 4.78 is 14.8. The second kappa shape index (κ2) is 10.8. The smallest absolute Gasteiger partial charge is 0.230 e. The highest BCUT2D eigenvalue weighted by molar-refractivity contribution is 7.79. The Balaban J connectivity index is 2.55. The summed E-state index contributed by atoms with van der Waals surface area (Å²) in [5, 5.41) is 1.51. The van der Waals surface area contributed by atoms with Crippen molar-refractivity contribution in [2.24, 2.45) is 11.8 Å². The molecule has 3 nitrogen and oxygen atoms in total. The first-order valence-electron chi connectivity index (χ1n) is 12.6. The van der Waals surface area contributed by atoms with E-state index in [2.05, 4.69) is 93.5 Å². The summed E-state index contributed by atoms with van der Waals surface area (Å²) in [6.07, 6.45) is 0.0240. The molecule has 0 unspecified atom stereocenters. The van der Waals surface area contributed by atoms with Crippen molar-refractivity contribution in [1.82, 2.24) is 4.90 Å². The van der Waals surface area contributed by atoms with Gasteiger partial charge in [0.15, 0.2) is 7.14 Å². The molecule has 0 saturated carbocycles. The second-order valence-electron chi connectivity index (χ2n) is 12.6. The topological polar surface area (TPSA) is 37.4 Å². The zero-order valence-electron chi connectivity index (χ0n) is 23.1. The van der Waals surface area contributed by atoms with Gasteiger partial charge in [-0.05, 0) is 33.8 Å². The van der Waals surface area contributed by atoms with Crippen molar-refractivity contribution in [2.45, 2.75) is 80.1 Å². The van der Waals surface area contributed by atoms with Gasteiger partial charge in [0.1, 0.15) is 0 Å². The normalized spacial score (nSPS) is 12.9. The predicted octanol–water partition coefficient (Wildman–Crippen LogP) is 6.74. The van der Waals surface area contributed by atoms with Gasteiger partial charge in [-0.1, -0.05) is 118 Å². The summed E-state index contributed by atoms with van der Waals surface area (Å²) in [6.45, 7) is 22.9. The first-order chi connectivity index (χ1) is 15.5. The lowest BCUT2D eigenvalue weighted by atomic mass is 9.87. The maximum atomic E-state index is 14.8. The van der Waals surface area contributed by atoms with Crippen LogP contribution in [0, 0.1) is 11.8 Å². The van der Waals surface area contributed by atoms with E-state index in [0.29, 0.717) is 24.9 Å². The molecule has 0 N–H and O–H groups in total. The lowest BCUT2D eigenvalue weighted by molar-refractivity contribution is -0.129. The van der Waals surface area contributed by atoms with Gasteiger partial charge in [0.2, 0.25) is 5.91 Å². The summed E-state index contributed by atoms with van der Waals surface area (Å²) in [5.74, 6) is 0.698. The minimum Gasteiger partial charge on any atom is -0.342 e. The van der Waals surface area contributed by atoms with Crippen LogP contribution in [0.5, 0.6) is 0 Å². The largest absolute Gasteiger partial charge is 0.342 e. The van der Waals surface area contributed by atoms with E-state index in [9.17, 15) is 9.36 Å². The maximum Gasteiger partial charge on any atom is 0.230 e. The molecule has 0 aliphatic heterocycles. The number of amides is 1. The Labute approximate surface area is 208 Å². The molecule has 0 saturated heterocycles. The molecule has 2 aromatic carbocycles. The molecule has 0 atom stereocenters. The van der Waals surface area contributed by atoms with E-state index in [0.717, 1.165) is 10.6 Å². The third-order valence-electron chi connectivity index (χ3n) is 6.18. The Hall–Kier alpha value is -1.86. The predicted molar refractivity (Wildman–Crippen MR) is 148 cm³/mol. The van der Waals surface area contributed by atoms with Crippen molar-refractivity contribution in [3.05, 3.63) is 59.7 Å². The maximum absolute atomic E-state index is 14.8.